The van der Waals surface area contributed by atoms with E-state index in [9.17, 15) is 19.1 Å². The molecule has 1 aromatic carbocycles. The van der Waals surface area contributed by atoms with Crippen LogP contribution in [0.3, 0.4) is 0 Å². The Balaban J connectivity index is 1.81. The normalized spacial score (nSPS) is 30.4. The van der Waals surface area contributed by atoms with Gasteiger partial charge in [0.05, 0.1) is 23.8 Å². The summed E-state index contributed by atoms with van der Waals surface area (Å²) in [6.07, 6.45) is 0.359. The van der Waals surface area contributed by atoms with E-state index in [0.717, 1.165) is 5.56 Å². The number of carbonyl (C=O) groups excluding carboxylic acids is 2. The van der Waals surface area contributed by atoms with Crippen molar-refractivity contribution in [3.05, 3.63) is 29.6 Å². The monoisotopic (exact) mass is 292 g/mol. The number of nitrogens with one attached hydrogen (secondary N) is 1. The van der Waals surface area contributed by atoms with E-state index in [1.54, 1.807) is 13.0 Å². The van der Waals surface area contributed by atoms with Crippen molar-refractivity contribution in [1.29, 1.82) is 0 Å². The molecule has 0 unspecified atom stereocenters. The summed E-state index contributed by atoms with van der Waals surface area (Å²) in [5.41, 5.74) is 0.854. The lowest BCUT2D eigenvalue weighted by Crippen LogP contribution is -2.46. The second-order valence-corrected chi connectivity index (χ2v) is 5.63. The molecule has 3 rings (SSSR count). The van der Waals surface area contributed by atoms with E-state index in [-0.39, 0.29) is 5.69 Å². The minimum atomic E-state index is -1.29. The molecular weight excluding hydrogens is 277 g/mol. The quantitative estimate of drug-likeness (QED) is 0.885. The number of fused-ring (bicyclic) bond motifs is 2. The molecule has 112 valence electrons. The molecule has 2 aliphatic rings. The first-order chi connectivity index (χ1) is 9.97. The first-order valence-electron chi connectivity index (χ1n) is 6.90. The zero-order valence-electron chi connectivity index (χ0n) is 11.5. The number of amides is 1. The summed E-state index contributed by atoms with van der Waals surface area (Å²) in [5.74, 6) is -4.15. The number of rotatable bonds is 3. The third-order valence-electron chi connectivity index (χ3n) is 4.23. The van der Waals surface area contributed by atoms with E-state index in [0.29, 0.717) is 12.8 Å². The second kappa shape index (κ2) is 5.11. The third-order valence-corrected chi connectivity index (χ3v) is 4.23. The zero-order valence-corrected chi connectivity index (χ0v) is 11.5. The number of hydrogen-bond acceptors (Lipinski definition) is 4. The van der Waals surface area contributed by atoms with Gasteiger partial charge in [0.2, 0.25) is 5.91 Å². The highest BCUT2D eigenvalue weighted by atomic mass is 19.1. The first-order valence-corrected chi connectivity index (χ1v) is 6.90. The maximum absolute atomic E-state index is 13.7. The van der Waals surface area contributed by atoms with Gasteiger partial charge < -0.3 is 20.0 Å². The molecule has 0 radical (unpaired) electrons. The topological polar surface area (TPSA) is 78.5 Å². The van der Waals surface area contributed by atoms with Gasteiger partial charge in [0.25, 0.3) is 0 Å². The van der Waals surface area contributed by atoms with Crippen LogP contribution in [-0.4, -0.2) is 24.1 Å². The Morgan fingerprint density at radius 1 is 1.29 bits per heavy atom. The van der Waals surface area contributed by atoms with Crippen molar-refractivity contribution in [1.82, 2.24) is 0 Å². The summed E-state index contributed by atoms with van der Waals surface area (Å²) in [7, 11) is 0. The number of hydrogen-bond donors (Lipinski definition) is 1. The number of halogens is 1. The molecule has 0 aromatic heterocycles. The number of anilines is 1. The van der Waals surface area contributed by atoms with Crippen LogP contribution in [0.4, 0.5) is 10.1 Å². The molecule has 6 heteroatoms. The van der Waals surface area contributed by atoms with Gasteiger partial charge >= 0.3 is 0 Å². The summed E-state index contributed by atoms with van der Waals surface area (Å²) in [6, 6.07) is 4.36. The van der Waals surface area contributed by atoms with Crippen molar-refractivity contribution in [2.45, 2.75) is 32.0 Å². The summed E-state index contributed by atoms with van der Waals surface area (Å²) >= 11 is 0. The highest BCUT2D eigenvalue weighted by Gasteiger charge is 2.52. The number of benzene rings is 1. The third kappa shape index (κ3) is 2.40. The molecule has 2 heterocycles. The minimum absolute atomic E-state index is 0.0554. The van der Waals surface area contributed by atoms with Crippen LogP contribution in [0, 0.1) is 24.6 Å². The Labute approximate surface area is 121 Å². The Hall–Kier alpha value is -1.95. The Morgan fingerprint density at radius 2 is 1.95 bits per heavy atom. The van der Waals surface area contributed by atoms with Crippen LogP contribution in [0.5, 0.6) is 0 Å². The van der Waals surface area contributed by atoms with Crippen molar-refractivity contribution < 1.29 is 23.8 Å². The summed E-state index contributed by atoms with van der Waals surface area (Å²) < 4.78 is 19.2. The highest BCUT2D eigenvalue weighted by Crippen LogP contribution is 2.43. The smallest absolute Gasteiger partial charge is 0.230 e. The van der Waals surface area contributed by atoms with Gasteiger partial charge in [-0.25, -0.2) is 4.39 Å². The minimum Gasteiger partial charge on any atom is -0.550 e. The number of carbonyl (C=O) groups is 2. The fourth-order valence-electron chi connectivity index (χ4n) is 3.26. The number of carboxylic acids is 1. The second-order valence-electron chi connectivity index (χ2n) is 5.63. The standard InChI is InChI=1S/C15H16FNO4/c1-7-2-3-8(16)9(6-7)17-14(18)12-10-4-5-11(21-10)13(12)15(19)20/h2-3,6,10-13H,4-5H2,1H3,(H,17,18)(H,19,20)/p-1/t10-,11+,12+,13-/m0/s1. The largest absolute Gasteiger partial charge is 0.550 e. The van der Waals surface area contributed by atoms with Gasteiger partial charge in [0.1, 0.15) is 5.82 Å². The maximum Gasteiger partial charge on any atom is 0.230 e. The molecular formula is C15H15FNO4-. The van der Waals surface area contributed by atoms with Crippen molar-refractivity contribution in [3.63, 3.8) is 0 Å². The van der Waals surface area contributed by atoms with Gasteiger partial charge in [-0.1, -0.05) is 6.07 Å². The van der Waals surface area contributed by atoms with Crippen molar-refractivity contribution in [2.75, 3.05) is 5.32 Å². The lowest BCUT2D eigenvalue weighted by atomic mass is 9.78. The fraction of sp³-hybridized carbons (Fsp3) is 0.467. The predicted molar refractivity (Wildman–Crippen MR) is 69.6 cm³/mol. The predicted octanol–water partition coefficient (Wildman–Crippen LogP) is 0.616. The van der Waals surface area contributed by atoms with E-state index in [4.69, 9.17) is 4.74 Å². The molecule has 0 spiro atoms. The number of aliphatic carboxylic acids is 1. The summed E-state index contributed by atoms with van der Waals surface area (Å²) in [4.78, 5) is 23.6. The van der Waals surface area contributed by atoms with E-state index < -0.39 is 41.7 Å². The van der Waals surface area contributed by atoms with Gasteiger partial charge in [0, 0.05) is 11.9 Å². The average molecular weight is 292 g/mol. The Kier molecular flexibility index (Phi) is 3.41. The molecule has 2 bridgehead atoms. The average Bonchev–Trinajstić information content (AvgIpc) is 3.03. The lowest BCUT2D eigenvalue weighted by Gasteiger charge is -2.27. The van der Waals surface area contributed by atoms with Crippen LogP contribution < -0.4 is 10.4 Å². The van der Waals surface area contributed by atoms with E-state index >= 15 is 0 Å². The molecule has 2 aliphatic heterocycles. The fourth-order valence-corrected chi connectivity index (χ4v) is 3.26. The molecule has 1 N–H and O–H groups in total. The first kappa shape index (κ1) is 14.0. The Bertz CT molecular complexity index is 603. The van der Waals surface area contributed by atoms with Gasteiger partial charge in [-0.05, 0) is 37.5 Å². The van der Waals surface area contributed by atoms with Crippen LogP contribution in [0.15, 0.2) is 18.2 Å². The molecule has 0 aliphatic carbocycles. The molecule has 1 aromatic rings. The Morgan fingerprint density at radius 3 is 2.62 bits per heavy atom. The number of carboxylic acid groups (broad SMARTS) is 1. The van der Waals surface area contributed by atoms with E-state index in [1.807, 2.05) is 0 Å². The molecule has 5 nitrogen and oxygen atoms in total. The molecule has 1 amide bonds. The van der Waals surface area contributed by atoms with E-state index in [1.165, 1.54) is 12.1 Å². The van der Waals surface area contributed by atoms with Gasteiger partial charge in [0.15, 0.2) is 0 Å². The maximum atomic E-state index is 13.7. The van der Waals surface area contributed by atoms with Gasteiger partial charge in [-0.15, -0.1) is 0 Å². The molecule has 2 saturated heterocycles. The SMILES string of the molecule is Cc1ccc(F)c(NC(=O)[C@H]2[C@@H](C(=O)[O-])[C@H]3CC[C@@H]2O3)c1. The van der Waals surface area contributed by atoms with Crippen LogP contribution in [0.2, 0.25) is 0 Å². The molecule has 4 atom stereocenters. The van der Waals surface area contributed by atoms with Crippen molar-refractivity contribution in [3.8, 4) is 0 Å². The van der Waals surface area contributed by atoms with Crippen LogP contribution >= 0.6 is 0 Å². The van der Waals surface area contributed by atoms with E-state index in [2.05, 4.69) is 5.32 Å². The highest BCUT2D eigenvalue weighted by molar-refractivity contribution is 5.96. The van der Waals surface area contributed by atoms with Crippen LogP contribution in [-0.2, 0) is 14.3 Å². The zero-order chi connectivity index (χ0) is 15.1. The van der Waals surface area contributed by atoms with Crippen molar-refractivity contribution in [2.24, 2.45) is 11.8 Å². The summed E-state index contributed by atoms with van der Waals surface area (Å²) in [6.45, 7) is 1.78. The van der Waals surface area contributed by atoms with Crippen LogP contribution in [0.1, 0.15) is 18.4 Å². The van der Waals surface area contributed by atoms with Crippen LogP contribution in [0.25, 0.3) is 0 Å². The number of aryl methyl sites for hydroxylation is 1. The molecule has 2 fully saturated rings. The molecule has 0 saturated carbocycles. The van der Waals surface area contributed by atoms with Gasteiger partial charge in [-0.3, -0.25) is 4.79 Å². The number of ether oxygens (including phenoxy) is 1. The molecule has 21 heavy (non-hydrogen) atoms. The van der Waals surface area contributed by atoms with Crippen molar-refractivity contribution >= 4 is 17.6 Å². The summed E-state index contributed by atoms with van der Waals surface area (Å²) in [5, 5.41) is 13.7. The lowest BCUT2D eigenvalue weighted by molar-refractivity contribution is -0.313. The van der Waals surface area contributed by atoms with Gasteiger partial charge in [-0.2, -0.15) is 0 Å².